The second-order valence-electron chi connectivity index (χ2n) is 6.87. The molecular weight excluding hydrogens is 427 g/mol. The lowest BCUT2D eigenvalue weighted by atomic mass is 10.1. The van der Waals surface area contributed by atoms with Crippen LogP contribution in [-0.4, -0.2) is 26.4 Å². The highest BCUT2D eigenvalue weighted by molar-refractivity contribution is 7.99. The van der Waals surface area contributed by atoms with Gasteiger partial charge in [0.25, 0.3) is 0 Å². The van der Waals surface area contributed by atoms with Crippen molar-refractivity contribution in [2.75, 3.05) is 11.1 Å². The van der Waals surface area contributed by atoms with Crippen LogP contribution in [0.4, 0.5) is 10.1 Å². The molecule has 158 valence electrons. The number of ether oxygens (including phenoxy) is 1. The molecule has 0 aliphatic rings. The quantitative estimate of drug-likeness (QED) is 0.509. The highest BCUT2D eigenvalue weighted by atomic mass is 35.5. The van der Waals surface area contributed by atoms with E-state index in [2.05, 4.69) is 15.5 Å². The van der Waals surface area contributed by atoms with Crippen LogP contribution >= 0.6 is 23.4 Å². The fourth-order valence-electron chi connectivity index (χ4n) is 2.90. The van der Waals surface area contributed by atoms with E-state index in [-0.39, 0.29) is 23.6 Å². The average Bonchev–Trinajstić information content (AvgIpc) is 3.07. The number of amides is 1. The van der Waals surface area contributed by atoms with E-state index in [1.165, 1.54) is 36.0 Å². The largest absolute Gasteiger partial charge is 0.483 e. The molecule has 2 aromatic carbocycles. The standard InChI is InChI=1S/C21H22ClFN4O2S/c1-12-9-17(10-13(2)19(12)22)29-14(3)20-25-26-21(27(20)4)30-11-18(28)24-16-7-5-15(23)6-8-16/h5-10,14H,11H2,1-4H3,(H,24,28). The van der Waals surface area contributed by atoms with Crippen LogP contribution in [0.15, 0.2) is 41.6 Å². The van der Waals surface area contributed by atoms with Crippen LogP contribution in [0.3, 0.4) is 0 Å². The molecule has 0 spiro atoms. The Balaban J connectivity index is 1.61. The number of halogens is 2. The number of aromatic nitrogens is 3. The van der Waals surface area contributed by atoms with Gasteiger partial charge in [-0.05, 0) is 68.3 Å². The van der Waals surface area contributed by atoms with Crippen LogP contribution in [0.2, 0.25) is 5.02 Å². The third-order valence-corrected chi connectivity index (χ3v) is 6.03. The highest BCUT2D eigenvalue weighted by Crippen LogP contribution is 2.29. The fourth-order valence-corrected chi connectivity index (χ4v) is 3.72. The highest BCUT2D eigenvalue weighted by Gasteiger charge is 2.18. The van der Waals surface area contributed by atoms with Gasteiger partial charge in [0.1, 0.15) is 11.6 Å². The second-order valence-corrected chi connectivity index (χ2v) is 8.20. The van der Waals surface area contributed by atoms with Crippen molar-refractivity contribution in [1.82, 2.24) is 14.8 Å². The molecule has 3 rings (SSSR count). The first-order chi connectivity index (χ1) is 14.2. The third-order valence-electron chi connectivity index (χ3n) is 4.42. The van der Waals surface area contributed by atoms with Gasteiger partial charge in [0.2, 0.25) is 5.91 Å². The Bertz CT molecular complexity index is 1030. The van der Waals surface area contributed by atoms with Crippen LogP contribution in [0, 0.1) is 19.7 Å². The van der Waals surface area contributed by atoms with Crippen molar-refractivity contribution in [1.29, 1.82) is 0 Å². The van der Waals surface area contributed by atoms with E-state index in [1.807, 2.05) is 40.0 Å². The molecule has 0 bridgehead atoms. The van der Waals surface area contributed by atoms with Gasteiger partial charge in [-0.3, -0.25) is 4.79 Å². The molecule has 0 saturated heterocycles. The number of nitrogens with zero attached hydrogens (tertiary/aromatic N) is 3. The number of carbonyl (C=O) groups excluding carboxylic acids is 1. The van der Waals surface area contributed by atoms with Crippen LogP contribution < -0.4 is 10.1 Å². The zero-order chi connectivity index (χ0) is 21.8. The third kappa shape index (κ3) is 5.31. The van der Waals surface area contributed by atoms with E-state index < -0.39 is 0 Å². The van der Waals surface area contributed by atoms with Gasteiger partial charge in [-0.25, -0.2) is 4.39 Å². The Morgan fingerprint density at radius 1 is 1.23 bits per heavy atom. The summed E-state index contributed by atoms with van der Waals surface area (Å²) in [5.41, 5.74) is 2.43. The Labute approximate surface area is 183 Å². The Hall–Kier alpha value is -2.58. The first-order valence-electron chi connectivity index (χ1n) is 9.25. The summed E-state index contributed by atoms with van der Waals surface area (Å²) in [4.78, 5) is 12.1. The topological polar surface area (TPSA) is 69.0 Å². The summed E-state index contributed by atoms with van der Waals surface area (Å²) >= 11 is 7.48. The van der Waals surface area contributed by atoms with E-state index in [1.54, 1.807) is 4.57 Å². The lowest BCUT2D eigenvalue weighted by molar-refractivity contribution is -0.113. The monoisotopic (exact) mass is 448 g/mol. The maximum atomic E-state index is 12.9. The summed E-state index contributed by atoms with van der Waals surface area (Å²) in [6.07, 6.45) is -0.343. The zero-order valence-electron chi connectivity index (χ0n) is 17.1. The predicted molar refractivity (Wildman–Crippen MR) is 117 cm³/mol. The van der Waals surface area contributed by atoms with Gasteiger partial charge >= 0.3 is 0 Å². The van der Waals surface area contributed by atoms with Crippen molar-refractivity contribution < 1.29 is 13.9 Å². The molecule has 1 heterocycles. The van der Waals surface area contributed by atoms with E-state index in [0.717, 1.165) is 16.1 Å². The van der Waals surface area contributed by atoms with Gasteiger partial charge < -0.3 is 14.6 Å². The summed E-state index contributed by atoms with van der Waals surface area (Å²) in [6, 6.07) is 9.38. The van der Waals surface area contributed by atoms with Crippen molar-refractivity contribution in [2.24, 2.45) is 7.05 Å². The van der Waals surface area contributed by atoms with Gasteiger partial charge in [0.15, 0.2) is 17.1 Å². The molecule has 1 aromatic heterocycles. The van der Waals surface area contributed by atoms with Gasteiger partial charge in [0, 0.05) is 17.8 Å². The molecule has 30 heavy (non-hydrogen) atoms. The average molecular weight is 449 g/mol. The zero-order valence-corrected chi connectivity index (χ0v) is 18.6. The van der Waals surface area contributed by atoms with Gasteiger partial charge in [-0.1, -0.05) is 23.4 Å². The Morgan fingerprint density at radius 3 is 2.50 bits per heavy atom. The van der Waals surface area contributed by atoms with Crippen molar-refractivity contribution in [3.05, 3.63) is 64.2 Å². The first-order valence-corrected chi connectivity index (χ1v) is 10.6. The minimum absolute atomic E-state index is 0.147. The molecule has 0 radical (unpaired) electrons. The lowest BCUT2D eigenvalue weighted by Crippen LogP contribution is -2.15. The Kier molecular flexibility index (Phi) is 6.99. The van der Waals surface area contributed by atoms with Crippen LogP contribution in [0.1, 0.15) is 30.0 Å². The number of hydrogen-bond donors (Lipinski definition) is 1. The number of benzene rings is 2. The van der Waals surface area contributed by atoms with Gasteiger partial charge in [-0.15, -0.1) is 10.2 Å². The van der Waals surface area contributed by atoms with Crippen LogP contribution in [0.5, 0.6) is 5.75 Å². The summed E-state index contributed by atoms with van der Waals surface area (Å²) in [7, 11) is 1.83. The molecule has 1 unspecified atom stereocenters. The molecule has 9 heteroatoms. The minimum atomic E-state index is -0.353. The number of aryl methyl sites for hydroxylation is 2. The number of rotatable bonds is 7. The second kappa shape index (κ2) is 9.49. The molecule has 6 nitrogen and oxygen atoms in total. The van der Waals surface area contributed by atoms with Crippen molar-refractivity contribution in [3.8, 4) is 5.75 Å². The fraction of sp³-hybridized carbons (Fsp3) is 0.286. The van der Waals surface area contributed by atoms with E-state index in [9.17, 15) is 9.18 Å². The predicted octanol–water partition coefficient (Wildman–Crippen LogP) is 5.10. The Morgan fingerprint density at radius 2 is 1.87 bits per heavy atom. The number of anilines is 1. The molecule has 0 fully saturated rings. The molecule has 0 aliphatic carbocycles. The number of carbonyl (C=O) groups is 1. The summed E-state index contributed by atoms with van der Waals surface area (Å²) in [5, 5.41) is 12.4. The molecule has 0 aliphatic heterocycles. The van der Waals surface area contributed by atoms with E-state index in [4.69, 9.17) is 16.3 Å². The summed E-state index contributed by atoms with van der Waals surface area (Å²) in [5.74, 6) is 0.926. The molecule has 1 atom stereocenters. The molecule has 3 aromatic rings. The number of nitrogens with one attached hydrogen (secondary N) is 1. The van der Waals surface area contributed by atoms with E-state index >= 15 is 0 Å². The molecular formula is C21H22ClFN4O2S. The molecule has 1 amide bonds. The first kappa shape index (κ1) is 22.1. The van der Waals surface area contributed by atoms with Crippen molar-refractivity contribution in [3.63, 3.8) is 0 Å². The van der Waals surface area contributed by atoms with Gasteiger partial charge in [-0.2, -0.15) is 0 Å². The maximum Gasteiger partial charge on any atom is 0.234 e. The lowest BCUT2D eigenvalue weighted by Gasteiger charge is -2.16. The van der Waals surface area contributed by atoms with E-state index in [0.29, 0.717) is 22.4 Å². The minimum Gasteiger partial charge on any atom is -0.483 e. The number of thioether (sulfide) groups is 1. The number of hydrogen-bond acceptors (Lipinski definition) is 5. The van der Waals surface area contributed by atoms with Crippen LogP contribution in [-0.2, 0) is 11.8 Å². The molecule has 0 saturated carbocycles. The van der Waals surface area contributed by atoms with Gasteiger partial charge in [0.05, 0.1) is 5.75 Å². The maximum absolute atomic E-state index is 12.9. The van der Waals surface area contributed by atoms with Crippen molar-refractivity contribution in [2.45, 2.75) is 32.0 Å². The normalized spacial score (nSPS) is 11.9. The van der Waals surface area contributed by atoms with Crippen LogP contribution in [0.25, 0.3) is 0 Å². The summed E-state index contributed by atoms with van der Waals surface area (Å²) in [6.45, 7) is 5.75. The molecule has 1 N–H and O–H groups in total. The smallest absolute Gasteiger partial charge is 0.234 e. The van der Waals surface area contributed by atoms with Crippen molar-refractivity contribution >= 4 is 35.0 Å². The summed E-state index contributed by atoms with van der Waals surface area (Å²) < 4.78 is 20.8. The SMILES string of the molecule is Cc1cc(OC(C)c2nnc(SCC(=O)Nc3ccc(F)cc3)n2C)cc(C)c1Cl.